The van der Waals surface area contributed by atoms with Gasteiger partial charge in [0.05, 0.1) is 5.69 Å². The number of rotatable bonds is 3. The van der Waals surface area contributed by atoms with E-state index in [2.05, 4.69) is 4.72 Å². The van der Waals surface area contributed by atoms with Crippen molar-refractivity contribution in [3.8, 4) is 0 Å². The summed E-state index contributed by atoms with van der Waals surface area (Å²) in [6.07, 6.45) is 0. The first kappa shape index (κ1) is 10.9. The smallest absolute Gasteiger partial charge is 0.296 e. The van der Waals surface area contributed by atoms with Crippen LogP contribution in [0.4, 0.5) is 5.69 Å². The Morgan fingerprint density at radius 3 is 2.43 bits per heavy atom. The van der Waals surface area contributed by atoms with E-state index in [4.69, 9.17) is 23.1 Å². The minimum atomic E-state index is -3.80. The summed E-state index contributed by atoms with van der Waals surface area (Å²) < 4.78 is 23.6. The Bertz CT molecular complexity index is 456. The Hall–Kier alpha value is -1.18. The number of hydrogen-bond acceptors (Lipinski definition) is 3. The number of benzene rings is 1. The van der Waals surface area contributed by atoms with E-state index in [9.17, 15) is 8.42 Å². The van der Waals surface area contributed by atoms with Crippen molar-refractivity contribution < 1.29 is 8.42 Å². The summed E-state index contributed by atoms with van der Waals surface area (Å²) in [6.45, 7) is 0. The van der Waals surface area contributed by atoms with E-state index < -0.39 is 10.2 Å². The molecule has 5 N–H and O–H groups in total. The third kappa shape index (κ3) is 2.95. The number of anilines is 1. The molecule has 5 nitrogen and oxygen atoms in total. The van der Waals surface area contributed by atoms with Crippen LogP contribution in [0.25, 0.3) is 0 Å². The van der Waals surface area contributed by atoms with Crippen LogP contribution in [-0.2, 0) is 10.2 Å². The fraction of sp³-hybridized carbons (Fsp3) is 0. The van der Waals surface area contributed by atoms with Crippen LogP contribution in [0, 0.1) is 0 Å². The maximum Gasteiger partial charge on any atom is 0.296 e. The average molecular weight is 231 g/mol. The quantitative estimate of drug-likeness (QED) is 0.634. The molecule has 0 unspecified atom stereocenters. The molecule has 0 atom stereocenters. The minimum absolute atomic E-state index is 0.108. The average Bonchev–Trinajstić information content (AvgIpc) is 2.01. The van der Waals surface area contributed by atoms with Gasteiger partial charge in [-0.1, -0.05) is 24.4 Å². The second-order valence-electron chi connectivity index (χ2n) is 2.56. The van der Waals surface area contributed by atoms with Gasteiger partial charge in [0.25, 0.3) is 10.2 Å². The number of thiocarbonyl (C=S) groups is 1. The zero-order chi connectivity index (χ0) is 10.8. The van der Waals surface area contributed by atoms with E-state index in [1.807, 2.05) is 0 Å². The fourth-order valence-corrected chi connectivity index (χ4v) is 1.60. The highest BCUT2D eigenvalue weighted by Gasteiger charge is 2.08. The molecule has 0 aliphatic carbocycles. The third-order valence-corrected chi connectivity index (χ3v) is 2.17. The highest BCUT2D eigenvalue weighted by Crippen LogP contribution is 2.15. The standard InChI is InChI=1S/C7H9N3O2S2/c8-7(13)5-3-1-2-4-6(5)10-14(9,11)12/h1-4,10H,(H2,8,13)(H2,9,11,12). The molecule has 0 aliphatic rings. The summed E-state index contributed by atoms with van der Waals surface area (Å²) in [5.74, 6) is 0. The molecule has 0 saturated carbocycles. The molecule has 7 heteroatoms. The molecule has 0 saturated heterocycles. The molecule has 1 aromatic carbocycles. The van der Waals surface area contributed by atoms with Crippen molar-refractivity contribution in [2.75, 3.05) is 4.72 Å². The summed E-state index contributed by atoms with van der Waals surface area (Å²) in [5.41, 5.74) is 6.11. The van der Waals surface area contributed by atoms with Gasteiger partial charge < -0.3 is 5.73 Å². The van der Waals surface area contributed by atoms with Crippen LogP contribution in [0.1, 0.15) is 5.56 Å². The van der Waals surface area contributed by atoms with Crippen LogP contribution in [0.15, 0.2) is 24.3 Å². The van der Waals surface area contributed by atoms with E-state index in [0.717, 1.165) is 0 Å². The van der Waals surface area contributed by atoms with E-state index >= 15 is 0 Å². The van der Waals surface area contributed by atoms with E-state index in [0.29, 0.717) is 5.56 Å². The maximum absolute atomic E-state index is 10.8. The van der Waals surface area contributed by atoms with E-state index in [1.165, 1.54) is 6.07 Å². The van der Waals surface area contributed by atoms with Crippen LogP contribution in [0.3, 0.4) is 0 Å². The summed E-state index contributed by atoms with van der Waals surface area (Å²) in [5, 5.41) is 4.81. The first-order chi connectivity index (χ1) is 6.40. The highest BCUT2D eigenvalue weighted by atomic mass is 32.2. The molecule has 1 aromatic rings. The van der Waals surface area contributed by atoms with Gasteiger partial charge in [-0.2, -0.15) is 8.42 Å². The number of para-hydroxylation sites is 1. The Kier molecular flexibility index (Phi) is 3.04. The van der Waals surface area contributed by atoms with Crippen molar-refractivity contribution in [3.63, 3.8) is 0 Å². The van der Waals surface area contributed by atoms with Gasteiger partial charge in [-0.3, -0.25) is 4.72 Å². The van der Waals surface area contributed by atoms with Gasteiger partial charge in [-0.25, -0.2) is 5.14 Å². The fourth-order valence-electron chi connectivity index (χ4n) is 0.940. The number of hydrogen-bond donors (Lipinski definition) is 3. The molecular weight excluding hydrogens is 222 g/mol. The lowest BCUT2D eigenvalue weighted by molar-refractivity contribution is 0.603. The zero-order valence-electron chi connectivity index (χ0n) is 7.10. The van der Waals surface area contributed by atoms with Crippen molar-refractivity contribution in [2.24, 2.45) is 10.9 Å². The molecule has 76 valence electrons. The second-order valence-corrected chi connectivity index (χ2v) is 4.29. The lowest BCUT2D eigenvalue weighted by Gasteiger charge is -2.08. The Labute approximate surface area is 87.3 Å². The van der Waals surface area contributed by atoms with Crippen molar-refractivity contribution in [1.29, 1.82) is 0 Å². The van der Waals surface area contributed by atoms with E-state index in [-0.39, 0.29) is 10.7 Å². The van der Waals surface area contributed by atoms with Crippen LogP contribution in [0.2, 0.25) is 0 Å². The largest absolute Gasteiger partial charge is 0.389 e. The monoisotopic (exact) mass is 231 g/mol. The van der Waals surface area contributed by atoms with Crippen molar-refractivity contribution >= 4 is 33.1 Å². The zero-order valence-corrected chi connectivity index (χ0v) is 8.73. The summed E-state index contributed by atoms with van der Waals surface area (Å²) in [4.78, 5) is 0.108. The molecule has 0 fully saturated rings. The predicted molar refractivity (Wildman–Crippen MR) is 59.1 cm³/mol. The van der Waals surface area contributed by atoms with Crippen LogP contribution < -0.4 is 15.6 Å². The molecule has 0 radical (unpaired) electrons. The Morgan fingerprint density at radius 2 is 1.93 bits per heavy atom. The molecule has 0 spiro atoms. The van der Waals surface area contributed by atoms with Gasteiger partial charge >= 0.3 is 0 Å². The Morgan fingerprint density at radius 1 is 1.36 bits per heavy atom. The summed E-state index contributed by atoms with van der Waals surface area (Å²) >= 11 is 4.74. The maximum atomic E-state index is 10.8. The van der Waals surface area contributed by atoms with Crippen molar-refractivity contribution in [1.82, 2.24) is 0 Å². The van der Waals surface area contributed by atoms with E-state index in [1.54, 1.807) is 18.2 Å². The molecule has 1 rings (SSSR count). The van der Waals surface area contributed by atoms with Gasteiger partial charge in [0.15, 0.2) is 0 Å². The number of nitrogens with two attached hydrogens (primary N) is 2. The van der Waals surface area contributed by atoms with Crippen LogP contribution in [-0.4, -0.2) is 13.4 Å². The van der Waals surface area contributed by atoms with Gasteiger partial charge in [0.2, 0.25) is 0 Å². The molecule has 0 aromatic heterocycles. The van der Waals surface area contributed by atoms with Gasteiger partial charge in [-0.15, -0.1) is 0 Å². The summed E-state index contributed by atoms with van der Waals surface area (Å²) in [6, 6.07) is 6.48. The second kappa shape index (κ2) is 3.91. The van der Waals surface area contributed by atoms with Gasteiger partial charge in [-0.05, 0) is 12.1 Å². The lowest BCUT2D eigenvalue weighted by atomic mass is 10.2. The number of nitrogens with one attached hydrogen (secondary N) is 1. The lowest BCUT2D eigenvalue weighted by Crippen LogP contribution is -2.23. The Balaban J connectivity index is 3.15. The molecular formula is C7H9N3O2S2. The topological polar surface area (TPSA) is 98.2 Å². The van der Waals surface area contributed by atoms with Gasteiger partial charge in [0, 0.05) is 5.56 Å². The SMILES string of the molecule is NC(=S)c1ccccc1NS(N)(=O)=O. The molecule has 0 aliphatic heterocycles. The molecule has 0 bridgehead atoms. The highest BCUT2D eigenvalue weighted by molar-refractivity contribution is 7.90. The summed E-state index contributed by atoms with van der Waals surface area (Å²) in [7, 11) is -3.80. The third-order valence-electron chi connectivity index (χ3n) is 1.44. The van der Waals surface area contributed by atoms with Crippen molar-refractivity contribution in [2.45, 2.75) is 0 Å². The molecule has 14 heavy (non-hydrogen) atoms. The minimum Gasteiger partial charge on any atom is -0.389 e. The van der Waals surface area contributed by atoms with Crippen molar-refractivity contribution in [3.05, 3.63) is 29.8 Å². The first-order valence-corrected chi connectivity index (χ1v) is 5.55. The predicted octanol–water partition coefficient (Wildman–Crippen LogP) is -0.0638. The molecule has 0 amide bonds. The van der Waals surface area contributed by atoms with Crippen LogP contribution in [0.5, 0.6) is 0 Å². The first-order valence-electron chi connectivity index (χ1n) is 3.59. The van der Waals surface area contributed by atoms with Gasteiger partial charge in [0.1, 0.15) is 4.99 Å². The molecule has 0 heterocycles. The van der Waals surface area contributed by atoms with Crippen LogP contribution >= 0.6 is 12.2 Å². The normalized spacial score (nSPS) is 10.9.